The summed E-state index contributed by atoms with van der Waals surface area (Å²) in [6.07, 6.45) is 5.87. The maximum absolute atomic E-state index is 10.5. The van der Waals surface area contributed by atoms with Crippen LogP contribution in [0.3, 0.4) is 0 Å². The minimum atomic E-state index is -0.237. The summed E-state index contributed by atoms with van der Waals surface area (Å²) in [4.78, 5) is 0. The van der Waals surface area contributed by atoms with E-state index in [9.17, 15) is 10.2 Å². The molecule has 0 bridgehead atoms. The Morgan fingerprint density at radius 2 is 1.62 bits per heavy atom. The fourth-order valence-electron chi connectivity index (χ4n) is 4.74. The van der Waals surface area contributed by atoms with Crippen molar-refractivity contribution in [3.05, 3.63) is 83.5 Å². The van der Waals surface area contributed by atoms with E-state index in [1.54, 1.807) is 6.07 Å². The molecule has 0 saturated carbocycles. The monoisotopic (exact) mass is 348 g/mol. The highest BCUT2D eigenvalue weighted by Crippen LogP contribution is 2.55. The SMILES string of the molecule is C=CCc1cc(C2(C)CC(C)(C)c3ccc(O)c(CC=C)c32)ccc1O. The van der Waals surface area contributed by atoms with Gasteiger partial charge in [-0.15, -0.1) is 13.2 Å². The van der Waals surface area contributed by atoms with Crippen molar-refractivity contribution in [1.29, 1.82) is 0 Å². The van der Waals surface area contributed by atoms with Crippen LogP contribution in [0.4, 0.5) is 0 Å². The van der Waals surface area contributed by atoms with Crippen LogP contribution in [0.25, 0.3) is 0 Å². The van der Waals surface area contributed by atoms with E-state index in [2.05, 4.69) is 46.1 Å². The molecule has 136 valence electrons. The lowest BCUT2D eigenvalue weighted by molar-refractivity contribution is 0.421. The molecule has 3 rings (SSSR count). The molecule has 1 atom stereocenters. The number of fused-ring (bicyclic) bond motifs is 1. The van der Waals surface area contributed by atoms with E-state index in [4.69, 9.17) is 0 Å². The van der Waals surface area contributed by atoms with Crippen LogP contribution in [0, 0.1) is 0 Å². The molecule has 1 aliphatic carbocycles. The van der Waals surface area contributed by atoms with Gasteiger partial charge in [-0.05, 0) is 59.1 Å². The topological polar surface area (TPSA) is 40.5 Å². The fourth-order valence-corrected chi connectivity index (χ4v) is 4.74. The lowest BCUT2D eigenvalue weighted by Gasteiger charge is -2.30. The smallest absolute Gasteiger partial charge is 0.119 e. The van der Waals surface area contributed by atoms with Crippen molar-refractivity contribution >= 4 is 0 Å². The summed E-state index contributed by atoms with van der Waals surface area (Å²) in [5, 5.41) is 20.7. The van der Waals surface area contributed by atoms with Gasteiger partial charge in [-0.25, -0.2) is 0 Å². The number of rotatable bonds is 5. The van der Waals surface area contributed by atoms with E-state index in [1.165, 1.54) is 11.1 Å². The van der Waals surface area contributed by atoms with E-state index in [1.807, 2.05) is 24.3 Å². The Hall–Kier alpha value is -2.48. The van der Waals surface area contributed by atoms with Crippen LogP contribution < -0.4 is 0 Å². The van der Waals surface area contributed by atoms with Crippen LogP contribution >= 0.6 is 0 Å². The molecule has 1 aliphatic rings. The van der Waals surface area contributed by atoms with Gasteiger partial charge >= 0.3 is 0 Å². The van der Waals surface area contributed by atoms with Gasteiger partial charge in [0.05, 0.1) is 0 Å². The molecule has 2 aromatic rings. The largest absolute Gasteiger partial charge is 0.508 e. The summed E-state index contributed by atoms with van der Waals surface area (Å²) in [7, 11) is 0. The summed E-state index contributed by atoms with van der Waals surface area (Å²) >= 11 is 0. The molecule has 2 aromatic carbocycles. The zero-order valence-corrected chi connectivity index (χ0v) is 16.0. The first kappa shape index (κ1) is 18.3. The molecule has 2 N–H and O–H groups in total. The van der Waals surface area contributed by atoms with Crippen molar-refractivity contribution in [3.8, 4) is 11.5 Å². The summed E-state index contributed by atoms with van der Waals surface area (Å²) in [6.45, 7) is 14.4. The van der Waals surface area contributed by atoms with Gasteiger partial charge in [-0.3, -0.25) is 0 Å². The predicted octanol–water partition coefficient (Wildman–Crippen LogP) is 5.54. The normalized spacial score (nSPS) is 20.6. The van der Waals surface area contributed by atoms with Crippen LogP contribution in [-0.2, 0) is 23.7 Å². The van der Waals surface area contributed by atoms with Gasteiger partial charge in [0.1, 0.15) is 11.5 Å². The second-order valence-corrected chi connectivity index (χ2v) is 8.21. The van der Waals surface area contributed by atoms with E-state index in [-0.39, 0.29) is 10.8 Å². The highest BCUT2D eigenvalue weighted by atomic mass is 16.3. The maximum Gasteiger partial charge on any atom is 0.119 e. The second kappa shape index (κ2) is 6.35. The van der Waals surface area contributed by atoms with Crippen molar-refractivity contribution in [2.45, 2.75) is 50.9 Å². The molecule has 0 heterocycles. The number of benzene rings is 2. The Morgan fingerprint density at radius 1 is 0.962 bits per heavy atom. The molecular weight excluding hydrogens is 320 g/mol. The zero-order chi connectivity index (χ0) is 19.1. The molecule has 0 radical (unpaired) electrons. The molecule has 0 aromatic heterocycles. The van der Waals surface area contributed by atoms with Crippen molar-refractivity contribution in [1.82, 2.24) is 0 Å². The van der Waals surface area contributed by atoms with Crippen LogP contribution in [0.1, 0.15) is 55.0 Å². The van der Waals surface area contributed by atoms with Crippen molar-refractivity contribution in [2.75, 3.05) is 0 Å². The minimum absolute atomic E-state index is 0.00416. The molecule has 1 unspecified atom stereocenters. The molecule has 0 fully saturated rings. The number of aromatic hydroxyl groups is 2. The summed E-state index contributed by atoms with van der Waals surface area (Å²) in [6, 6.07) is 9.75. The summed E-state index contributed by atoms with van der Waals surface area (Å²) in [5.74, 6) is 0.634. The second-order valence-electron chi connectivity index (χ2n) is 8.21. The average Bonchev–Trinajstić information content (AvgIpc) is 2.79. The lowest BCUT2D eigenvalue weighted by Crippen LogP contribution is -2.24. The van der Waals surface area contributed by atoms with Gasteiger partial charge in [0.15, 0.2) is 0 Å². The highest BCUT2D eigenvalue weighted by Gasteiger charge is 2.47. The van der Waals surface area contributed by atoms with Gasteiger partial charge in [0.2, 0.25) is 0 Å². The zero-order valence-electron chi connectivity index (χ0n) is 16.0. The van der Waals surface area contributed by atoms with E-state index in [0.29, 0.717) is 24.3 Å². The number of hydrogen-bond donors (Lipinski definition) is 2. The predicted molar refractivity (Wildman–Crippen MR) is 108 cm³/mol. The first-order valence-corrected chi connectivity index (χ1v) is 9.14. The Kier molecular flexibility index (Phi) is 4.47. The molecular formula is C24H28O2. The van der Waals surface area contributed by atoms with Gasteiger partial charge in [0.25, 0.3) is 0 Å². The summed E-state index contributed by atoms with van der Waals surface area (Å²) in [5.41, 5.74) is 5.27. The Labute approximate surface area is 156 Å². The maximum atomic E-state index is 10.5. The first-order valence-electron chi connectivity index (χ1n) is 9.14. The average molecular weight is 348 g/mol. The van der Waals surface area contributed by atoms with Crippen LogP contribution in [0.15, 0.2) is 55.6 Å². The van der Waals surface area contributed by atoms with Gasteiger partial charge in [-0.1, -0.05) is 51.1 Å². The van der Waals surface area contributed by atoms with Gasteiger partial charge in [-0.2, -0.15) is 0 Å². The highest BCUT2D eigenvalue weighted by molar-refractivity contribution is 5.60. The Balaban J connectivity index is 2.28. The third-order valence-corrected chi connectivity index (χ3v) is 5.79. The molecule has 0 aliphatic heterocycles. The van der Waals surface area contributed by atoms with Crippen molar-refractivity contribution < 1.29 is 10.2 Å². The quantitative estimate of drug-likeness (QED) is 0.696. The third kappa shape index (κ3) is 2.74. The van der Waals surface area contributed by atoms with E-state index >= 15 is 0 Å². The Bertz CT molecular complexity index is 876. The third-order valence-electron chi connectivity index (χ3n) is 5.79. The standard InChI is InChI=1S/C24H28O2/c1-6-8-16-14-17(10-12-20(16)25)24(5)15-23(3,4)19-11-13-21(26)18(9-7-2)22(19)24/h6-7,10-14,25-26H,1-2,8-9,15H2,3-5H3. The van der Waals surface area contributed by atoms with E-state index < -0.39 is 0 Å². The molecule has 26 heavy (non-hydrogen) atoms. The minimum Gasteiger partial charge on any atom is -0.508 e. The summed E-state index contributed by atoms with van der Waals surface area (Å²) < 4.78 is 0. The molecule has 2 heteroatoms. The van der Waals surface area contributed by atoms with E-state index in [0.717, 1.165) is 23.1 Å². The van der Waals surface area contributed by atoms with Crippen LogP contribution in [0.5, 0.6) is 11.5 Å². The van der Waals surface area contributed by atoms with Crippen molar-refractivity contribution in [3.63, 3.8) is 0 Å². The molecule has 0 amide bonds. The molecule has 0 spiro atoms. The number of hydrogen-bond acceptors (Lipinski definition) is 2. The number of phenolic OH excluding ortho intramolecular Hbond substituents is 2. The van der Waals surface area contributed by atoms with Crippen LogP contribution in [0.2, 0.25) is 0 Å². The van der Waals surface area contributed by atoms with Gasteiger partial charge < -0.3 is 10.2 Å². The lowest BCUT2D eigenvalue weighted by atomic mass is 9.73. The Morgan fingerprint density at radius 3 is 2.27 bits per heavy atom. The van der Waals surface area contributed by atoms with Crippen molar-refractivity contribution in [2.24, 2.45) is 0 Å². The molecule has 0 saturated heterocycles. The number of allylic oxidation sites excluding steroid dienone is 2. The first-order chi connectivity index (χ1) is 12.2. The molecule has 2 nitrogen and oxygen atoms in total. The number of phenols is 2. The van der Waals surface area contributed by atoms with Gasteiger partial charge in [0, 0.05) is 11.0 Å². The van der Waals surface area contributed by atoms with Crippen LogP contribution in [-0.4, -0.2) is 10.2 Å². The fraction of sp³-hybridized carbons (Fsp3) is 0.333.